The van der Waals surface area contributed by atoms with Crippen LogP contribution in [0.3, 0.4) is 0 Å². The van der Waals surface area contributed by atoms with Crippen molar-refractivity contribution in [3.05, 3.63) is 65.3 Å². The molecule has 34 heavy (non-hydrogen) atoms. The van der Waals surface area contributed by atoms with Crippen LogP contribution < -0.4 is 5.32 Å². The van der Waals surface area contributed by atoms with Gasteiger partial charge in [-0.2, -0.15) is 9.29 Å². The molecular weight excluding hydrogens is 459 g/mol. The molecule has 1 amide bonds. The molecule has 0 aliphatic carbocycles. The van der Waals surface area contributed by atoms with Crippen LogP contribution in [0.1, 0.15) is 50.3 Å². The van der Waals surface area contributed by atoms with Crippen molar-refractivity contribution < 1.29 is 22.1 Å². The van der Waals surface area contributed by atoms with E-state index in [0.717, 1.165) is 5.56 Å². The van der Waals surface area contributed by atoms with E-state index in [4.69, 9.17) is 4.52 Å². The summed E-state index contributed by atoms with van der Waals surface area (Å²) in [6.45, 7) is 7.88. The summed E-state index contributed by atoms with van der Waals surface area (Å²) >= 11 is 0. The number of nitrogens with zero attached hydrogens (tertiary/aromatic N) is 3. The molecule has 10 heteroatoms. The lowest BCUT2D eigenvalue weighted by Gasteiger charge is -2.19. The second kappa shape index (κ2) is 10.9. The maximum absolute atomic E-state index is 13.8. The normalized spacial score (nSPS) is 12.6. The van der Waals surface area contributed by atoms with E-state index in [1.165, 1.54) is 10.4 Å². The first-order chi connectivity index (χ1) is 16.1. The van der Waals surface area contributed by atoms with Crippen molar-refractivity contribution in [1.29, 1.82) is 0 Å². The van der Waals surface area contributed by atoms with Crippen LogP contribution in [0.15, 0.2) is 51.9 Å². The van der Waals surface area contributed by atoms with Crippen LogP contribution in [-0.4, -0.2) is 41.9 Å². The molecule has 1 aromatic heterocycles. The van der Waals surface area contributed by atoms with Crippen LogP contribution in [-0.2, 0) is 21.2 Å². The van der Waals surface area contributed by atoms with Crippen molar-refractivity contribution >= 4 is 15.9 Å². The third kappa shape index (κ3) is 5.87. The molecule has 8 nitrogen and oxygen atoms in total. The molecular formula is C24H29FN4O4S. The number of sulfonamides is 1. The highest BCUT2D eigenvalue weighted by molar-refractivity contribution is 7.89. The summed E-state index contributed by atoms with van der Waals surface area (Å²) in [6, 6.07) is 10.9. The fourth-order valence-electron chi connectivity index (χ4n) is 3.46. The highest BCUT2D eigenvalue weighted by Crippen LogP contribution is 2.21. The van der Waals surface area contributed by atoms with Gasteiger partial charge in [-0.1, -0.05) is 43.3 Å². The Morgan fingerprint density at radius 3 is 2.44 bits per heavy atom. The minimum absolute atomic E-state index is 0.128. The predicted molar refractivity (Wildman–Crippen MR) is 126 cm³/mol. The molecule has 0 fully saturated rings. The molecule has 0 aliphatic rings. The van der Waals surface area contributed by atoms with Crippen LogP contribution in [0, 0.1) is 12.7 Å². The monoisotopic (exact) mass is 488 g/mol. The molecule has 1 N–H and O–H groups in total. The number of aryl methyl sites for hydroxylation is 2. The van der Waals surface area contributed by atoms with Gasteiger partial charge in [0.1, 0.15) is 5.82 Å². The summed E-state index contributed by atoms with van der Waals surface area (Å²) < 4.78 is 45.6. The first-order valence-corrected chi connectivity index (χ1v) is 12.6. The van der Waals surface area contributed by atoms with Crippen LogP contribution >= 0.6 is 0 Å². The third-order valence-corrected chi connectivity index (χ3v) is 7.63. The minimum atomic E-state index is -3.53. The molecule has 3 aromatic rings. The molecule has 182 valence electrons. The largest absolute Gasteiger partial charge is 0.350 e. The van der Waals surface area contributed by atoms with Gasteiger partial charge in [-0.05, 0) is 43.2 Å². The van der Waals surface area contributed by atoms with Crippen LogP contribution in [0.25, 0.3) is 11.4 Å². The lowest BCUT2D eigenvalue weighted by atomic mass is 10.1. The predicted octanol–water partition coefficient (Wildman–Crippen LogP) is 4.02. The van der Waals surface area contributed by atoms with E-state index in [2.05, 4.69) is 15.5 Å². The van der Waals surface area contributed by atoms with Gasteiger partial charge in [0.05, 0.1) is 10.9 Å². The number of rotatable bonds is 10. The van der Waals surface area contributed by atoms with Crippen molar-refractivity contribution in [2.75, 3.05) is 13.1 Å². The maximum atomic E-state index is 13.8. The molecule has 0 radical (unpaired) electrons. The average molecular weight is 489 g/mol. The first kappa shape index (κ1) is 25.5. The van der Waals surface area contributed by atoms with Gasteiger partial charge in [0, 0.05) is 31.5 Å². The molecule has 0 saturated carbocycles. The molecule has 1 atom stereocenters. The zero-order chi connectivity index (χ0) is 24.9. The van der Waals surface area contributed by atoms with Crippen molar-refractivity contribution in [3.63, 3.8) is 0 Å². The zero-order valence-corrected chi connectivity index (χ0v) is 20.5. The molecule has 3 rings (SSSR count). The van der Waals surface area contributed by atoms with Crippen molar-refractivity contribution in [2.24, 2.45) is 0 Å². The van der Waals surface area contributed by atoms with Gasteiger partial charge in [-0.15, -0.1) is 0 Å². The van der Waals surface area contributed by atoms with Crippen LogP contribution in [0.2, 0.25) is 0 Å². The van der Waals surface area contributed by atoms with E-state index in [9.17, 15) is 17.6 Å². The van der Waals surface area contributed by atoms with E-state index in [-0.39, 0.29) is 47.2 Å². The number of carbonyl (C=O) groups excluding carboxylic acids is 1. The SMILES string of the molecule is CCN(CC)S(=O)(=O)c1ccc(C(C)NC(=O)CCc2nc(-c3ccc(C)c(F)c3)no2)cc1. The Hall–Kier alpha value is -3.11. The van der Waals surface area contributed by atoms with Gasteiger partial charge in [-0.25, -0.2) is 12.8 Å². The second-order valence-electron chi connectivity index (χ2n) is 7.92. The molecule has 1 heterocycles. The Morgan fingerprint density at radius 1 is 1.15 bits per heavy atom. The van der Waals surface area contributed by atoms with E-state index in [0.29, 0.717) is 24.2 Å². The summed E-state index contributed by atoms with van der Waals surface area (Å²) in [5, 5.41) is 6.74. The number of nitrogens with one attached hydrogen (secondary N) is 1. The van der Waals surface area contributed by atoms with Crippen molar-refractivity contribution in [2.45, 2.75) is 51.5 Å². The number of aromatic nitrogens is 2. The lowest BCUT2D eigenvalue weighted by Crippen LogP contribution is -2.30. The fourth-order valence-corrected chi connectivity index (χ4v) is 4.92. The highest BCUT2D eigenvalue weighted by atomic mass is 32.2. The number of carbonyl (C=O) groups is 1. The fraction of sp³-hybridized carbons (Fsp3) is 0.375. The second-order valence-corrected chi connectivity index (χ2v) is 9.86. The average Bonchev–Trinajstić information content (AvgIpc) is 3.29. The highest BCUT2D eigenvalue weighted by Gasteiger charge is 2.22. The summed E-state index contributed by atoms with van der Waals surface area (Å²) in [6.07, 6.45) is 0.365. The van der Waals surface area contributed by atoms with E-state index < -0.39 is 10.0 Å². The van der Waals surface area contributed by atoms with Gasteiger partial charge < -0.3 is 9.84 Å². The van der Waals surface area contributed by atoms with Crippen LogP contribution in [0.5, 0.6) is 0 Å². The Bertz CT molecular complexity index is 1240. The molecule has 0 spiro atoms. The van der Waals surface area contributed by atoms with E-state index in [1.54, 1.807) is 57.2 Å². The van der Waals surface area contributed by atoms with E-state index in [1.807, 2.05) is 6.92 Å². The van der Waals surface area contributed by atoms with Gasteiger partial charge in [-0.3, -0.25) is 4.79 Å². The number of halogens is 1. The summed E-state index contributed by atoms with van der Waals surface area (Å²) in [4.78, 5) is 16.9. The molecule has 0 bridgehead atoms. The molecule has 0 saturated heterocycles. The van der Waals surface area contributed by atoms with Crippen LogP contribution in [0.4, 0.5) is 4.39 Å². The standard InChI is InChI=1S/C24H29FN4O4S/c1-5-29(6-2)34(31,32)20-11-9-18(10-12-20)17(4)26-22(30)13-14-23-27-24(28-33-23)19-8-7-16(3)21(25)15-19/h7-12,15,17H,5-6,13-14H2,1-4H3,(H,26,30). The van der Waals surface area contributed by atoms with Gasteiger partial charge in [0.25, 0.3) is 0 Å². The van der Waals surface area contributed by atoms with Crippen molar-refractivity contribution in [3.8, 4) is 11.4 Å². The molecule has 2 aromatic carbocycles. The number of hydrogen-bond acceptors (Lipinski definition) is 6. The number of benzene rings is 2. The first-order valence-electron chi connectivity index (χ1n) is 11.1. The maximum Gasteiger partial charge on any atom is 0.243 e. The third-order valence-electron chi connectivity index (χ3n) is 5.56. The number of amides is 1. The Morgan fingerprint density at radius 2 is 1.82 bits per heavy atom. The summed E-state index contributed by atoms with van der Waals surface area (Å²) in [5.74, 6) is -0.0171. The quantitative estimate of drug-likeness (QED) is 0.462. The zero-order valence-electron chi connectivity index (χ0n) is 19.7. The summed E-state index contributed by atoms with van der Waals surface area (Å²) in [7, 11) is -3.53. The number of hydrogen-bond donors (Lipinski definition) is 1. The molecule has 0 aliphatic heterocycles. The van der Waals surface area contributed by atoms with Crippen molar-refractivity contribution in [1.82, 2.24) is 19.8 Å². The van der Waals surface area contributed by atoms with Gasteiger partial charge >= 0.3 is 0 Å². The molecule has 1 unspecified atom stereocenters. The van der Waals surface area contributed by atoms with Gasteiger partial charge in [0.2, 0.25) is 27.6 Å². The summed E-state index contributed by atoms with van der Waals surface area (Å²) in [5.41, 5.74) is 1.81. The minimum Gasteiger partial charge on any atom is -0.350 e. The Kier molecular flexibility index (Phi) is 8.16. The lowest BCUT2D eigenvalue weighted by molar-refractivity contribution is -0.121. The topological polar surface area (TPSA) is 105 Å². The Balaban J connectivity index is 1.56. The van der Waals surface area contributed by atoms with E-state index >= 15 is 0 Å². The smallest absolute Gasteiger partial charge is 0.243 e. The van der Waals surface area contributed by atoms with Gasteiger partial charge in [0.15, 0.2) is 0 Å². The Labute approximate surface area is 199 Å².